The molecule has 1 amide bonds. The number of anilines is 1. The summed E-state index contributed by atoms with van der Waals surface area (Å²) in [5.41, 5.74) is 5.17. The molecule has 1 fully saturated rings. The van der Waals surface area contributed by atoms with E-state index in [9.17, 15) is 4.79 Å². The van der Waals surface area contributed by atoms with Crippen LogP contribution in [-0.2, 0) is 17.6 Å². The third-order valence-corrected chi connectivity index (χ3v) is 9.89. The first-order chi connectivity index (χ1) is 23.3. The van der Waals surface area contributed by atoms with E-state index in [0.717, 1.165) is 67.4 Å². The van der Waals surface area contributed by atoms with Gasteiger partial charge in [-0.1, -0.05) is 69.7 Å². The van der Waals surface area contributed by atoms with E-state index in [1.165, 1.54) is 30.4 Å². The van der Waals surface area contributed by atoms with Crippen LogP contribution in [-0.4, -0.2) is 66.9 Å². The molecule has 48 heavy (non-hydrogen) atoms. The fraction of sp³-hybridized carbons (Fsp3) is 0.500. The maximum Gasteiger partial charge on any atom is 0.245 e. The number of nitrogens with one attached hydrogen (secondary N) is 3. The Morgan fingerprint density at radius 3 is 2.60 bits per heavy atom. The van der Waals surface area contributed by atoms with Crippen molar-refractivity contribution in [2.75, 3.05) is 31.5 Å². The first-order valence-corrected chi connectivity index (χ1v) is 18.2. The number of nitrogens with zero attached hydrogens (tertiary/aromatic N) is 7. The summed E-state index contributed by atoms with van der Waals surface area (Å²) in [6, 6.07) is 14.0. The first-order valence-electron chi connectivity index (χ1n) is 17.2. The second-order valence-electron chi connectivity index (χ2n) is 14.1. The normalized spacial score (nSPS) is 14.4. The Kier molecular flexibility index (Phi) is 10.8. The molecule has 1 unspecified atom stereocenters. The second kappa shape index (κ2) is 15.4. The number of aromatic nitrogens is 7. The van der Waals surface area contributed by atoms with Crippen LogP contribution in [0.15, 0.2) is 59.4 Å². The first kappa shape index (κ1) is 33.7. The highest BCUT2D eigenvalue weighted by atomic mass is 32.1. The summed E-state index contributed by atoms with van der Waals surface area (Å²) >= 11 is 1.68. The molecule has 0 radical (unpaired) electrons. The lowest BCUT2D eigenvalue weighted by atomic mass is 9.80. The Balaban J connectivity index is 0.986. The van der Waals surface area contributed by atoms with Crippen LogP contribution in [0.5, 0.6) is 0 Å². The van der Waals surface area contributed by atoms with Gasteiger partial charge in [0.1, 0.15) is 6.04 Å². The number of benzene rings is 1. The number of fused-ring (bicyclic) bond motifs is 1. The molecule has 0 bridgehead atoms. The topological polar surface area (TPSA) is 127 Å². The van der Waals surface area contributed by atoms with Gasteiger partial charge in [0, 0.05) is 37.0 Å². The standard InChI is InChI=1S/C36H48N10OS/c1-25(2)32(35(47)38-18-15-26-16-19-48-22-26)45-21-29(40-44-45)14-9-17-37-23-36(3,4)24-39-33-30(27-12-8-13-27)20-31-41-42-34(46(31)43-33)28-10-6-5-7-11-28/h5-7,10-11,16,19-22,25,27,32,37H,8-9,12-15,17-18,23-24H2,1-4H3,(H,38,47)(H,39,43). The lowest BCUT2D eigenvalue weighted by molar-refractivity contribution is -0.125. The van der Waals surface area contributed by atoms with Crippen LogP contribution in [0.3, 0.4) is 0 Å². The number of aryl methyl sites for hydroxylation is 1. The molecule has 6 rings (SSSR count). The molecule has 11 nitrogen and oxygen atoms in total. The van der Waals surface area contributed by atoms with Crippen molar-refractivity contribution in [2.45, 2.75) is 78.2 Å². The van der Waals surface area contributed by atoms with Crippen molar-refractivity contribution in [3.8, 4) is 11.4 Å². The average molecular weight is 669 g/mol. The zero-order chi connectivity index (χ0) is 33.5. The van der Waals surface area contributed by atoms with Gasteiger partial charge in [0.15, 0.2) is 17.3 Å². The highest BCUT2D eigenvalue weighted by Gasteiger charge is 2.27. The Hall–Kier alpha value is -4.16. The van der Waals surface area contributed by atoms with E-state index < -0.39 is 0 Å². The molecule has 254 valence electrons. The molecule has 1 aliphatic carbocycles. The molecule has 4 heterocycles. The third kappa shape index (κ3) is 8.27. The third-order valence-electron chi connectivity index (χ3n) is 9.16. The van der Waals surface area contributed by atoms with Gasteiger partial charge in [-0.05, 0) is 84.4 Å². The van der Waals surface area contributed by atoms with Crippen molar-refractivity contribution in [2.24, 2.45) is 11.3 Å². The summed E-state index contributed by atoms with van der Waals surface area (Å²) in [5.74, 6) is 2.28. The summed E-state index contributed by atoms with van der Waals surface area (Å²) in [7, 11) is 0. The molecule has 0 spiro atoms. The highest BCUT2D eigenvalue weighted by molar-refractivity contribution is 7.07. The van der Waals surface area contributed by atoms with E-state index in [1.54, 1.807) is 16.0 Å². The minimum atomic E-state index is -0.380. The predicted molar refractivity (Wildman–Crippen MR) is 191 cm³/mol. The summed E-state index contributed by atoms with van der Waals surface area (Å²) < 4.78 is 3.59. The molecule has 5 aromatic rings. The summed E-state index contributed by atoms with van der Waals surface area (Å²) in [6.45, 7) is 11.7. The lowest BCUT2D eigenvalue weighted by Crippen LogP contribution is -2.36. The highest BCUT2D eigenvalue weighted by Crippen LogP contribution is 2.40. The summed E-state index contributed by atoms with van der Waals surface area (Å²) in [4.78, 5) is 13.0. The van der Waals surface area contributed by atoms with Gasteiger partial charge < -0.3 is 16.0 Å². The van der Waals surface area contributed by atoms with Crippen LogP contribution in [0.4, 0.5) is 5.82 Å². The van der Waals surface area contributed by atoms with Crippen molar-refractivity contribution in [1.29, 1.82) is 0 Å². The number of hydrogen-bond acceptors (Lipinski definition) is 9. The maximum atomic E-state index is 13.0. The van der Waals surface area contributed by atoms with Crippen molar-refractivity contribution >= 4 is 28.7 Å². The zero-order valence-corrected chi connectivity index (χ0v) is 29.3. The van der Waals surface area contributed by atoms with E-state index in [2.05, 4.69) is 73.2 Å². The SMILES string of the molecule is CC(C)C(C(=O)NCCc1ccsc1)n1cc(CCCNCC(C)(C)CNc2nn3c(-c4ccccc4)nnc3cc2C2CCC2)nn1. The van der Waals surface area contributed by atoms with Crippen LogP contribution >= 0.6 is 11.3 Å². The van der Waals surface area contributed by atoms with Crippen LogP contribution in [0, 0.1) is 11.3 Å². The number of thiophene rings is 1. The minimum Gasteiger partial charge on any atom is -0.368 e. The maximum absolute atomic E-state index is 13.0. The Morgan fingerprint density at radius 1 is 1.04 bits per heavy atom. The number of amides is 1. The van der Waals surface area contributed by atoms with Gasteiger partial charge in [-0.15, -0.1) is 20.4 Å². The largest absolute Gasteiger partial charge is 0.368 e. The van der Waals surface area contributed by atoms with Gasteiger partial charge in [0.05, 0.1) is 5.69 Å². The summed E-state index contributed by atoms with van der Waals surface area (Å²) in [5, 5.41) is 37.3. The van der Waals surface area contributed by atoms with Crippen LogP contribution < -0.4 is 16.0 Å². The Morgan fingerprint density at radius 2 is 1.88 bits per heavy atom. The quantitative estimate of drug-likeness (QED) is 0.104. The number of rotatable bonds is 17. The number of carbonyl (C=O) groups is 1. The van der Waals surface area contributed by atoms with Gasteiger partial charge >= 0.3 is 0 Å². The van der Waals surface area contributed by atoms with E-state index in [1.807, 2.05) is 54.9 Å². The smallest absolute Gasteiger partial charge is 0.245 e. The molecule has 0 saturated heterocycles. The number of carbonyl (C=O) groups excluding carboxylic acids is 1. The Bertz CT molecular complexity index is 1760. The molecular weight excluding hydrogens is 621 g/mol. The fourth-order valence-corrected chi connectivity index (χ4v) is 6.85. The van der Waals surface area contributed by atoms with Crippen LogP contribution in [0.25, 0.3) is 17.0 Å². The molecule has 1 aliphatic rings. The molecule has 4 aromatic heterocycles. The van der Waals surface area contributed by atoms with E-state index in [0.29, 0.717) is 12.5 Å². The second-order valence-corrected chi connectivity index (χ2v) is 14.9. The molecule has 1 saturated carbocycles. The van der Waals surface area contributed by atoms with Crippen molar-refractivity contribution < 1.29 is 4.79 Å². The van der Waals surface area contributed by atoms with Gasteiger partial charge in [-0.3, -0.25) is 4.79 Å². The molecule has 1 aromatic carbocycles. The summed E-state index contributed by atoms with van der Waals surface area (Å²) in [6.07, 6.45) is 8.12. The van der Waals surface area contributed by atoms with Gasteiger partial charge in [0.25, 0.3) is 0 Å². The van der Waals surface area contributed by atoms with E-state index in [4.69, 9.17) is 5.10 Å². The average Bonchev–Trinajstić information content (AvgIpc) is 3.81. The molecule has 12 heteroatoms. The minimum absolute atomic E-state index is 0.00657. The molecule has 3 N–H and O–H groups in total. The molecule has 1 atom stereocenters. The van der Waals surface area contributed by atoms with Crippen molar-refractivity contribution in [1.82, 2.24) is 45.4 Å². The Labute approximate surface area is 286 Å². The molecular formula is C36H48N10OS. The van der Waals surface area contributed by atoms with E-state index >= 15 is 0 Å². The van der Waals surface area contributed by atoms with Crippen molar-refractivity contribution in [3.63, 3.8) is 0 Å². The van der Waals surface area contributed by atoms with Crippen LogP contribution in [0.2, 0.25) is 0 Å². The van der Waals surface area contributed by atoms with Crippen molar-refractivity contribution in [3.05, 3.63) is 76.2 Å². The van der Waals surface area contributed by atoms with Gasteiger partial charge in [-0.2, -0.15) is 15.9 Å². The van der Waals surface area contributed by atoms with E-state index in [-0.39, 0.29) is 23.3 Å². The van der Waals surface area contributed by atoms with Gasteiger partial charge in [-0.25, -0.2) is 4.68 Å². The zero-order valence-electron chi connectivity index (χ0n) is 28.5. The molecule has 0 aliphatic heterocycles. The lowest BCUT2D eigenvalue weighted by Gasteiger charge is -2.30. The van der Waals surface area contributed by atoms with Gasteiger partial charge in [0.2, 0.25) is 5.91 Å². The number of hydrogen-bond donors (Lipinski definition) is 3. The monoisotopic (exact) mass is 668 g/mol. The van der Waals surface area contributed by atoms with Crippen LogP contribution in [0.1, 0.15) is 82.2 Å². The fourth-order valence-electron chi connectivity index (χ4n) is 6.15. The predicted octanol–water partition coefficient (Wildman–Crippen LogP) is 5.93.